The maximum atomic E-state index is 11.4. The summed E-state index contributed by atoms with van der Waals surface area (Å²) >= 11 is 0. The molecule has 6 heteroatoms. The summed E-state index contributed by atoms with van der Waals surface area (Å²) < 4.78 is 15.4. The van der Waals surface area contributed by atoms with Gasteiger partial charge in [0.25, 0.3) is 6.01 Å². The number of aromatic nitrogens is 1. The third-order valence-corrected chi connectivity index (χ3v) is 2.73. The zero-order valence-electron chi connectivity index (χ0n) is 10.0. The lowest BCUT2D eigenvalue weighted by Crippen LogP contribution is -2.32. The summed E-state index contributed by atoms with van der Waals surface area (Å²) in [4.78, 5) is 17.4. The number of oxazole rings is 1. The summed E-state index contributed by atoms with van der Waals surface area (Å²) in [7, 11) is 1.88. The van der Waals surface area contributed by atoms with Crippen molar-refractivity contribution in [2.75, 3.05) is 31.8 Å². The maximum absolute atomic E-state index is 11.4. The minimum atomic E-state index is -0.460. The fraction of sp³-hybridized carbons (Fsp3) is 0.636. The number of nitrogens with zero attached hydrogens (tertiary/aromatic N) is 2. The molecular weight excluding hydrogens is 224 g/mol. The first-order valence-electron chi connectivity index (χ1n) is 5.65. The summed E-state index contributed by atoms with van der Waals surface area (Å²) in [5.74, 6) is -0.460. The van der Waals surface area contributed by atoms with E-state index < -0.39 is 5.97 Å². The zero-order chi connectivity index (χ0) is 12.3. The van der Waals surface area contributed by atoms with E-state index in [0.717, 1.165) is 13.0 Å². The second-order valence-corrected chi connectivity index (χ2v) is 3.86. The average molecular weight is 240 g/mol. The van der Waals surface area contributed by atoms with Gasteiger partial charge in [0, 0.05) is 13.7 Å². The zero-order valence-corrected chi connectivity index (χ0v) is 10.0. The van der Waals surface area contributed by atoms with Gasteiger partial charge in [-0.1, -0.05) is 0 Å². The molecule has 1 atom stereocenters. The standard InChI is InChI=1S/C11H16N2O4/c1-3-16-10(14)9-7-17-11(12-9)13(2)8-4-5-15-6-8/h7-8H,3-6H2,1-2H3. The Kier molecular flexibility index (Phi) is 3.63. The van der Waals surface area contributed by atoms with Gasteiger partial charge in [0.2, 0.25) is 0 Å². The molecule has 0 spiro atoms. The first-order chi connectivity index (χ1) is 8.22. The summed E-state index contributed by atoms with van der Waals surface area (Å²) in [5.41, 5.74) is 0.201. The molecule has 1 aliphatic heterocycles. The average Bonchev–Trinajstić information content (AvgIpc) is 3.00. The van der Waals surface area contributed by atoms with Gasteiger partial charge in [-0.15, -0.1) is 0 Å². The van der Waals surface area contributed by atoms with Crippen LogP contribution in [0.4, 0.5) is 6.01 Å². The van der Waals surface area contributed by atoms with Crippen molar-refractivity contribution in [1.82, 2.24) is 4.98 Å². The Balaban J connectivity index is 2.04. The van der Waals surface area contributed by atoms with Gasteiger partial charge in [-0.25, -0.2) is 4.79 Å². The van der Waals surface area contributed by atoms with Crippen LogP contribution in [0.15, 0.2) is 10.7 Å². The van der Waals surface area contributed by atoms with Crippen LogP contribution in [0.1, 0.15) is 23.8 Å². The molecule has 0 N–H and O–H groups in total. The number of carbonyl (C=O) groups excluding carboxylic acids is 1. The third kappa shape index (κ3) is 2.58. The first-order valence-corrected chi connectivity index (χ1v) is 5.65. The molecule has 0 aliphatic carbocycles. The van der Waals surface area contributed by atoms with Crippen molar-refractivity contribution in [2.24, 2.45) is 0 Å². The molecule has 1 unspecified atom stereocenters. The summed E-state index contributed by atoms with van der Waals surface area (Å²) in [6.45, 7) is 3.49. The lowest BCUT2D eigenvalue weighted by molar-refractivity contribution is 0.0519. The van der Waals surface area contributed by atoms with Gasteiger partial charge in [-0.05, 0) is 13.3 Å². The molecule has 0 saturated carbocycles. The van der Waals surface area contributed by atoms with E-state index in [1.54, 1.807) is 6.92 Å². The number of carbonyl (C=O) groups is 1. The molecule has 1 aromatic heterocycles. The summed E-state index contributed by atoms with van der Waals surface area (Å²) in [5, 5.41) is 0. The Morgan fingerprint density at radius 2 is 2.53 bits per heavy atom. The summed E-state index contributed by atoms with van der Waals surface area (Å²) in [6.07, 6.45) is 2.26. The highest BCUT2D eigenvalue weighted by atomic mass is 16.5. The van der Waals surface area contributed by atoms with E-state index in [-0.39, 0.29) is 11.7 Å². The van der Waals surface area contributed by atoms with Gasteiger partial charge in [0.1, 0.15) is 6.26 Å². The van der Waals surface area contributed by atoms with Crippen LogP contribution in [0.25, 0.3) is 0 Å². The topological polar surface area (TPSA) is 64.8 Å². The Morgan fingerprint density at radius 1 is 1.71 bits per heavy atom. The van der Waals surface area contributed by atoms with Crippen LogP contribution in [-0.4, -0.2) is 43.9 Å². The molecule has 0 amide bonds. The van der Waals surface area contributed by atoms with Crippen molar-refractivity contribution >= 4 is 12.0 Å². The number of hydrogen-bond donors (Lipinski definition) is 0. The molecule has 0 bridgehead atoms. The Hall–Kier alpha value is -1.56. The molecule has 0 aromatic carbocycles. The Morgan fingerprint density at radius 3 is 3.18 bits per heavy atom. The van der Waals surface area contributed by atoms with Crippen LogP contribution in [0.5, 0.6) is 0 Å². The number of anilines is 1. The second kappa shape index (κ2) is 5.18. The quantitative estimate of drug-likeness (QED) is 0.734. The van der Waals surface area contributed by atoms with Gasteiger partial charge in [0.05, 0.1) is 19.3 Å². The van der Waals surface area contributed by atoms with Crippen molar-refractivity contribution in [2.45, 2.75) is 19.4 Å². The highest BCUT2D eigenvalue weighted by Gasteiger charge is 2.24. The first kappa shape index (κ1) is 11.9. The van der Waals surface area contributed by atoms with Crippen molar-refractivity contribution in [3.05, 3.63) is 12.0 Å². The van der Waals surface area contributed by atoms with Gasteiger partial charge < -0.3 is 18.8 Å². The van der Waals surface area contributed by atoms with E-state index in [0.29, 0.717) is 19.2 Å². The lowest BCUT2D eigenvalue weighted by atomic mass is 10.2. The van der Waals surface area contributed by atoms with Crippen molar-refractivity contribution in [1.29, 1.82) is 0 Å². The fourth-order valence-electron chi connectivity index (χ4n) is 1.71. The van der Waals surface area contributed by atoms with Crippen LogP contribution in [0, 0.1) is 0 Å². The lowest BCUT2D eigenvalue weighted by Gasteiger charge is -2.20. The molecule has 1 aromatic rings. The number of hydrogen-bond acceptors (Lipinski definition) is 6. The summed E-state index contributed by atoms with van der Waals surface area (Å²) in [6, 6.07) is 0.673. The fourth-order valence-corrected chi connectivity index (χ4v) is 1.71. The number of ether oxygens (including phenoxy) is 2. The van der Waals surface area contributed by atoms with E-state index in [1.807, 2.05) is 11.9 Å². The Bertz CT molecular complexity index is 385. The van der Waals surface area contributed by atoms with Crippen LogP contribution < -0.4 is 4.90 Å². The largest absolute Gasteiger partial charge is 0.461 e. The molecule has 0 radical (unpaired) electrons. The van der Waals surface area contributed by atoms with E-state index in [2.05, 4.69) is 4.98 Å². The van der Waals surface area contributed by atoms with Crippen LogP contribution in [0.3, 0.4) is 0 Å². The maximum Gasteiger partial charge on any atom is 0.360 e. The minimum Gasteiger partial charge on any atom is -0.461 e. The monoisotopic (exact) mass is 240 g/mol. The van der Waals surface area contributed by atoms with E-state index in [4.69, 9.17) is 13.9 Å². The number of likely N-dealkylation sites (N-methyl/N-ethyl adjacent to an activating group) is 1. The van der Waals surface area contributed by atoms with E-state index in [9.17, 15) is 4.79 Å². The van der Waals surface area contributed by atoms with Crippen LogP contribution in [0.2, 0.25) is 0 Å². The van der Waals surface area contributed by atoms with E-state index >= 15 is 0 Å². The number of rotatable bonds is 4. The van der Waals surface area contributed by atoms with Crippen molar-refractivity contribution in [3.8, 4) is 0 Å². The van der Waals surface area contributed by atoms with Crippen LogP contribution in [-0.2, 0) is 9.47 Å². The predicted molar refractivity (Wildman–Crippen MR) is 60.1 cm³/mol. The van der Waals surface area contributed by atoms with Gasteiger partial charge in [-0.3, -0.25) is 0 Å². The smallest absolute Gasteiger partial charge is 0.360 e. The molecule has 94 valence electrons. The third-order valence-electron chi connectivity index (χ3n) is 2.73. The Labute approximate surface area is 99.5 Å². The molecule has 2 heterocycles. The number of esters is 1. The van der Waals surface area contributed by atoms with E-state index in [1.165, 1.54) is 6.26 Å². The predicted octanol–water partition coefficient (Wildman–Crippen LogP) is 1.08. The minimum absolute atomic E-state index is 0.201. The van der Waals surface area contributed by atoms with Gasteiger partial charge >= 0.3 is 5.97 Å². The van der Waals surface area contributed by atoms with Gasteiger partial charge in [0.15, 0.2) is 5.69 Å². The van der Waals surface area contributed by atoms with Crippen LogP contribution >= 0.6 is 0 Å². The molecule has 17 heavy (non-hydrogen) atoms. The molecule has 2 rings (SSSR count). The highest BCUT2D eigenvalue weighted by molar-refractivity contribution is 5.87. The van der Waals surface area contributed by atoms with Crippen molar-refractivity contribution in [3.63, 3.8) is 0 Å². The van der Waals surface area contributed by atoms with Crippen molar-refractivity contribution < 1.29 is 18.7 Å². The normalized spacial score (nSPS) is 19.3. The second-order valence-electron chi connectivity index (χ2n) is 3.86. The van der Waals surface area contributed by atoms with Gasteiger partial charge in [-0.2, -0.15) is 4.98 Å². The molecular formula is C11H16N2O4. The SMILES string of the molecule is CCOC(=O)c1coc(N(C)C2CCOC2)n1. The molecule has 1 fully saturated rings. The molecule has 6 nitrogen and oxygen atoms in total. The molecule has 1 saturated heterocycles. The highest BCUT2D eigenvalue weighted by Crippen LogP contribution is 2.19. The molecule has 1 aliphatic rings.